The SMILES string of the molecule is COc1ccc([Si](C)(C)C2=C([Si](C)(C)c3ccccc3)[C@H](O)[C@@H]2O)cc1. The molecule has 3 rings (SSSR count). The molecule has 0 saturated heterocycles. The van der Waals surface area contributed by atoms with Crippen molar-refractivity contribution in [3.63, 3.8) is 0 Å². The average Bonchev–Trinajstić information content (AvgIpc) is 2.65. The second-order valence-corrected chi connectivity index (χ2v) is 16.8. The maximum Gasteiger partial charge on any atom is 0.118 e. The quantitative estimate of drug-likeness (QED) is 0.778. The Hall–Kier alpha value is -1.67. The minimum atomic E-state index is -2.09. The fourth-order valence-electron chi connectivity index (χ4n) is 4.12. The van der Waals surface area contributed by atoms with E-state index in [1.807, 2.05) is 18.2 Å². The Morgan fingerprint density at radius 1 is 0.692 bits per heavy atom. The molecule has 138 valence electrons. The van der Waals surface area contributed by atoms with Gasteiger partial charge in [0.05, 0.1) is 7.11 Å². The highest BCUT2D eigenvalue weighted by Crippen LogP contribution is 2.40. The number of methoxy groups -OCH3 is 1. The Balaban J connectivity index is 2.10. The average molecular weight is 385 g/mol. The summed E-state index contributed by atoms with van der Waals surface area (Å²) < 4.78 is 5.27. The fraction of sp³-hybridized carbons (Fsp3) is 0.333. The Kier molecular flexibility index (Phi) is 5.01. The highest BCUT2D eigenvalue weighted by molar-refractivity contribution is 7.02. The van der Waals surface area contributed by atoms with E-state index in [0.717, 1.165) is 16.1 Å². The molecule has 2 aromatic carbocycles. The number of hydrogen-bond donors (Lipinski definition) is 2. The summed E-state index contributed by atoms with van der Waals surface area (Å²) in [5.41, 5.74) is 0. The molecule has 0 aromatic heterocycles. The van der Waals surface area contributed by atoms with Crippen LogP contribution in [0.5, 0.6) is 5.75 Å². The van der Waals surface area contributed by atoms with Gasteiger partial charge in [0.1, 0.15) is 34.1 Å². The maximum atomic E-state index is 10.7. The van der Waals surface area contributed by atoms with E-state index in [-0.39, 0.29) is 0 Å². The number of rotatable bonds is 5. The van der Waals surface area contributed by atoms with E-state index < -0.39 is 28.4 Å². The lowest BCUT2D eigenvalue weighted by atomic mass is 10.0. The van der Waals surface area contributed by atoms with E-state index >= 15 is 0 Å². The van der Waals surface area contributed by atoms with Crippen LogP contribution in [0.2, 0.25) is 26.2 Å². The van der Waals surface area contributed by atoms with Crippen molar-refractivity contribution in [2.75, 3.05) is 7.11 Å². The van der Waals surface area contributed by atoms with Gasteiger partial charge in [0.2, 0.25) is 0 Å². The van der Waals surface area contributed by atoms with Gasteiger partial charge in [-0.2, -0.15) is 0 Å². The molecule has 3 nitrogen and oxygen atoms in total. The van der Waals surface area contributed by atoms with Crippen LogP contribution in [0.3, 0.4) is 0 Å². The first kappa shape index (κ1) is 19.1. The van der Waals surface area contributed by atoms with Gasteiger partial charge in [0.15, 0.2) is 0 Å². The van der Waals surface area contributed by atoms with E-state index in [4.69, 9.17) is 4.74 Å². The molecule has 2 N–H and O–H groups in total. The first-order valence-electron chi connectivity index (χ1n) is 9.02. The number of hydrogen-bond acceptors (Lipinski definition) is 3. The number of benzene rings is 2. The molecule has 0 aliphatic heterocycles. The van der Waals surface area contributed by atoms with Crippen LogP contribution in [-0.4, -0.2) is 45.7 Å². The molecule has 5 heteroatoms. The van der Waals surface area contributed by atoms with Crippen molar-refractivity contribution < 1.29 is 14.9 Å². The minimum Gasteiger partial charge on any atom is -0.497 e. The summed E-state index contributed by atoms with van der Waals surface area (Å²) in [6.07, 6.45) is -1.49. The Labute approximate surface area is 158 Å². The standard InChI is InChI=1S/C21H28O3Si2/c1-24-15-11-13-17(14-12-15)26(4,5)21-19(23)18(22)20(21)25(2,3)16-9-7-6-8-10-16/h6-14,18-19,22-23H,1-5H3/t18-,19+/m1/s1. The summed E-state index contributed by atoms with van der Waals surface area (Å²) in [7, 11) is -2.47. The molecule has 0 heterocycles. The molecule has 0 unspecified atom stereocenters. The third kappa shape index (κ3) is 2.99. The molecule has 0 fully saturated rings. The highest BCUT2D eigenvalue weighted by atomic mass is 28.3. The number of ether oxygens (including phenoxy) is 1. The van der Waals surface area contributed by atoms with Crippen LogP contribution < -0.4 is 15.1 Å². The first-order valence-corrected chi connectivity index (χ1v) is 15.0. The van der Waals surface area contributed by atoms with Crippen LogP contribution in [-0.2, 0) is 0 Å². The third-order valence-electron chi connectivity index (χ3n) is 5.83. The maximum absolute atomic E-state index is 10.7. The topological polar surface area (TPSA) is 49.7 Å². The Bertz CT molecular complexity index is 811. The zero-order chi connectivity index (χ0) is 19.1. The van der Waals surface area contributed by atoms with Gasteiger partial charge in [0.25, 0.3) is 0 Å². The van der Waals surface area contributed by atoms with Crippen LogP contribution in [0.25, 0.3) is 0 Å². The van der Waals surface area contributed by atoms with Gasteiger partial charge in [-0.05, 0) is 22.5 Å². The second-order valence-electron chi connectivity index (χ2n) is 8.06. The first-order chi connectivity index (χ1) is 12.2. The smallest absolute Gasteiger partial charge is 0.118 e. The highest BCUT2D eigenvalue weighted by Gasteiger charge is 2.52. The van der Waals surface area contributed by atoms with Crippen LogP contribution >= 0.6 is 0 Å². The van der Waals surface area contributed by atoms with Crippen molar-refractivity contribution in [2.45, 2.75) is 38.4 Å². The van der Waals surface area contributed by atoms with E-state index in [2.05, 4.69) is 62.6 Å². The molecular formula is C21H28O3Si2. The molecule has 0 radical (unpaired) electrons. The molecule has 2 aromatic rings. The van der Waals surface area contributed by atoms with E-state index in [9.17, 15) is 10.2 Å². The van der Waals surface area contributed by atoms with Gasteiger partial charge in [-0.15, -0.1) is 0 Å². The monoisotopic (exact) mass is 384 g/mol. The molecule has 0 amide bonds. The molecule has 26 heavy (non-hydrogen) atoms. The summed E-state index contributed by atoms with van der Waals surface area (Å²) in [5.74, 6) is 0.834. The zero-order valence-corrected chi connectivity index (χ0v) is 18.2. The van der Waals surface area contributed by atoms with E-state index in [0.29, 0.717) is 0 Å². The zero-order valence-electron chi connectivity index (χ0n) is 16.2. The summed E-state index contributed by atoms with van der Waals surface area (Å²) >= 11 is 0. The van der Waals surface area contributed by atoms with Crippen molar-refractivity contribution in [2.24, 2.45) is 0 Å². The predicted molar refractivity (Wildman–Crippen MR) is 113 cm³/mol. The number of aliphatic hydroxyl groups is 2. The summed E-state index contributed by atoms with van der Waals surface area (Å²) in [6, 6.07) is 18.6. The molecule has 1 aliphatic carbocycles. The fourth-order valence-corrected chi connectivity index (χ4v) is 12.1. The van der Waals surface area contributed by atoms with Gasteiger partial charge >= 0.3 is 0 Å². The molecule has 1 aliphatic rings. The molecule has 0 spiro atoms. The van der Waals surface area contributed by atoms with Crippen molar-refractivity contribution in [1.82, 2.24) is 0 Å². The van der Waals surface area contributed by atoms with Crippen molar-refractivity contribution in [3.05, 3.63) is 65.0 Å². The lowest BCUT2D eigenvalue weighted by Crippen LogP contribution is -2.64. The minimum absolute atomic E-state index is 0.739. The van der Waals surface area contributed by atoms with E-state index in [1.165, 1.54) is 10.4 Å². The van der Waals surface area contributed by atoms with Gasteiger partial charge in [-0.25, -0.2) is 0 Å². The third-order valence-corrected chi connectivity index (χ3v) is 13.5. The summed E-state index contributed by atoms with van der Waals surface area (Å²) in [4.78, 5) is 0. The van der Waals surface area contributed by atoms with Gasteiger partial charge in [-0.3, -0.25) is 0 Å². The summed E-state index contributed by atoms with van der Waals surface area (Å²) in [6.45, 7) is 9.06. The van der Waals surface area contributed by atoms with Crippen molar-refractivity contribution >= 4 is 26.5 Å². The Morgan fingerprint density at radius 3 is 1.54 bits per heavy atom. The van der Waals surface area contributed by atoms with Gasteiger partial charge in [0, 0.05) is 0 Å². The van der Waals surface area contributed by atoms with Crippen LogP contribution in [0.1, 0.15) is 0 Å². The van der Waals surface area contributed by atoms with Crippen LogP contribution in [0.15, 0.2) is 65.0 Å². The van der Waals surface area contributed by atoms with Crippen LogP contribution in [0, 0.1) is 0 Å². The molecule has 0 bridgehead atoms. The van der Waals surface area contributed by atoms with Gasteiger partial charge < -0.3 is 14.9 Å². The van der Waals surface area contributed by atoms with Crippen LogP contribution in [0.4, 0.5) is 0 Å². The normalized spacial score (nSPS) is 20.7. The lowest BCUT2D eigenvalue weighted by Gasteiger charge is -2.48. The summed E-state index contributed by atoms with van der Waals surface area (Å²) in [5, 5.41) is 26.1. The predicted octanol–water partition coefficient (Wildman–Crippen LogP) is 2.34. The number of aliphatic hydroxyl groups excluding tert-OH is 2. The lowest BCUT2D eigenvalue weighted by molar-refractivity contribution is 0.0489. The van der Waals surface area contributed by atoms with Crippen molar-refractivity contribution in [3.8, 4) is 5.75 Å². The molecule has 2 atom stereocenters. The van der Waals surface area contributed by atoms with Gasteiger partial charge in [-0.1, -0.05) is 79.0 Å². The van der Waals surface area contributed by atoms with Crippen molar-refractivity contribution in [1.29, 1.82) is 0 Å². The molecular weight excluding hydrogens is 356 g/mol. The second kappa shape index (κ2) is 6.81. The molecule has 0 saturated carbocycles. The largest absolute Gasteiger partial charge is 0.497 e. The van der Waals surface area contributed by atoms with E-state index in [1.54, 1.807) is 7.11 Å². The Morgan fingerprint density at radius 2 is 1.12 bits per heavy atom.